The van der Waals surface area contributed by atoms with Crippen LogP contribution in [0.15, 0.2) is 29.9 Å². The minimum Gasteiger partial charge on any atom is -0.368 e. The maximum absolute atomic E-state index is 13.9. The molecule has 35 heavy (non-hydrogen) atoms. The van der Waals surface area contributed by atoms with Gasteiger partial charge in [-0.1, -0.05) is 45.4 Å². The molecule has 4 aliphatic rings. The molecule has 5 nitrogen and oxygen atoms in total. The highest BCUT2D eigenvalue weighted by molar-refractivity contribution is 6.15. The number of H-pyrrole nitrogens is 1. The molecule has 2 saturated heterocycles. The lowest BCUT2D eigenvalue weighted by molar-refractivity contribution is 0.103. The summed E-state index contributed by atoms with van der Waals surface area (Å²) in [6.45, 7) is 11.4. The molecule has 2 aliphatic carbocycles. The van der Waals surface area contributed by atoms with Gasteiger partial charge in [-0.2, -0.15) is 0 Å². The maximum atomic E-state index is 13.9. The van der Waals surface area contributed by atoms with Crippen LogP contribution in [-0.4, -0.2) is 54.1 Å². The third-order valence-electron chi connectivity index (χ3n) is 8.75. The van der Waals surface area contributed by atoms with Crippen molar-refractivity contribution in [3.63, 3.8) is 0 Å². The molecule has 5 heteroatoms. The number of likely N-dealkylation sites (tertiary alicyclic amines) is 1. The van der Waals surface area contributed by atoms with E-state index in [-0.39, 0.29) is 11.2 Å². The van der Waals surface area contributed by atoms with Gasteiger partial charge in [0.1, 0.15) is 0 Å². The quantitative estimate of drug-likeness (QED) is 0.601. The van der Waals surface area contributed by atoms with Crippen molar-refractivity contribution in [2.75, 3.05) is 31.1 Å². The van der Waals surface area contributed by atoms with E-state index >= 15 is 0 Å². The van der Waals surface area contributed by atoms with E-state index in [9.17, 15) is 4.79 Å². The summed E-state index contributed by atoms with van der Waals surface area (Å²) in [5, 5.41) is 7.60. The minimum absolute atomic E-state index is 0.130. The first-order valence-corrected chi connectivity index (χ1v) is 13.3. The van der Waals surface area contributed by atoms with Crippen LogP contribution in [-0.2, 0) is 18.3 Å². The number of allylic oxidation sites excluding steroid dienone is 3. The predicted octanol–water partition coefficient (Wildman–Crippen LogP) is 5.27. The fraction of sp³-hybridized carbons (Fsp3) is 0.467. The van der Waals surface area contributed by atoms with E-state index in [2.05, 4.69) is 53.8 Å². The molecular weight excluding hydrogens is 432 g/mol. The van der Waals surface area contributed by atoms with Gasteiger partial charge in [0.15, 0.2) is 5.78 Å². The summed E-state index contributed by atoms with van der Waals surface area (Å²) in [4.78, 5) is 22.8. The van der Waals surface area contributed by atoms with Crippen LogP contribution < -0.4 is 4.90 Å². The lowest BCUT2D eigenvalue weighted by Crippen LogP contribution is -2.60. The molecule has 6 rings (SSSR count). The van der Waals surface area contributed by atoms with Crippen molar-refractivity contribution >= 4 is 23.8 Å². The second kappa shape index (κ2) is 8.34. The van der Waals surface area contributed by atoms with E-state index in [4.69, 9.17) is 5.41 Å². The smallest absolute Gasteiger partial charge is 0.195 e. The number of benzene rings is 1. The first-order valence-electron chi connectivity index (χ1n) is 13.3. The Hall–Kier alpha value is -2.92. The van der Waals surface area contributed by atoms with Gasteiger partial charge in [0, 0.05) is 65.4 Å². The molecular formula is C30H36N4O. The monoisotopic (exact) mass is 468 g/mol. The van der Waals surface area contributed by atoms with Crippen molar-refractivity contribution in [3.8, 4) is 0 Å². The summed E-state index contributed by atoms with van der Waals surface area (Å²) >= 11 is 0. The molecule has 0 unspecified atom stereocenters. The van der Waals surface area contributed by atoms with E-state index < -0.39 is 0 Å². The van der Waals surface area contributed by atoms with Crippen molar-refractivity contribution in [2.45, 2.75) is 64.3 Å². The Labute approximate surface area is 208 Å². The first kappa shape index (κ1) is 22.5. The first-order chi connectivity index (χ1) is 16.9. The number of nitrogens with zero attached hydrogens (tertiary/aromatic N) is 2. The van der Waals surface area contributed by atoms with Gasteiger partial charge < -0.3 is 15.3 Å². The second-order valence-corrected chi connectivity index (χ2v) is 11.1. The van der Waals surface area contributed by atoms with E-state index in [0.29, 0.717) is 12.5 Å². The number of aryl methyl sites for hydroxylation is 1. The van der Waals surface area contributed by atoms with Crippen LogP contribution in [0.3, 0.4) is 0 Å². The van der Waals surface area contributed by atoms with E-state index in [1.54, 1.807) is 0 Å². The number of hydrogen-bond donors (Lipinski definition) is 2. The molecule has 0 bridgehead atoms. The van der Waals surface area contributed by atoms with E-state index in [0.717, 1.165) is 58.7 Å². The zero-order valence-electron chi connectivity index (χ0n) is 21.2. The topological polar surface area (TPSA) is 63.2 Å². The summed E-state index contributed by atoms with van der Waals surface area (Å²) in [5.74, 6) is 0.130. The number of nitrogens with one attached hydrogen (secondary N) is 2. The van der Waals surface area contributed by atoms with Crippen LogP contribution in [0.25, 0.3) is 6.08 Å². The average Bonchev–Trinajstić information content (AvgIpc) is 3.10. The molecule has 0 spiro atoms. The molecule has 1 aromatic heterocycles. The highest BCUT2D eigenvalue weighted by atomic mass is 16.1. The molecule has 0 atom stereocenters. The van der Waals surface area contributed by atoms with Crippen LogP contribution in [0.5, 0.6) is 0 Å². The molecule has 1 aromatic carbocycles. The van der Waals surface area contributed by atoms with Crippen molar-refractivity contribution < 1.29 is 4.79 Å². The lowest BCUT2D eigenvalue weighted by Gasteiger charge is -2.49. The summed E-state index contributed by atoms with van der Waals surface area (Å²) in [5.41, 5.74) is 9.08. The molecule has 0 radical (unpaired) electrons. The summed E-state index contributed by atoms with van der Waals surface area (Å²) in [7, 11) is 0. The fourth-order valence-corrected chi connectivity index (χ4v) is 6.54. The Morgan fingerprint density at radius 1 is 1.14 bits per heavy atom. The molecule has 0 amide bonds. The molecule has 182 valence electrons. The number of ketones is 1. The fourth-order valence-electron chi connectivity index (χ4n) is 6.54. The van der Waals surface area contributed by atoms with Crippen LogP contribution in [0.4, 0.5) is 5.69 Å². The van der Waals surface area contributed by atoms with Crippen molar-refractivity contribution in [1.82, 2.24) is 9.88 Å². The van der Waals surface area contributed by atoms with Gasteiger partial charge in [-0.05, 0) is 61.2 Å². The highest BCUT2D eigenvalue weighted by Gasteiger charge is 2.42. The van der Waals surface area contributed by atoms with Gasteiger partial charge in [-0.25, -0.2) is 0 Å². The number of carbonyl (C=O) groups excluding carboxylic acids is 1. The van der Waals surface area contributed by atoms with Crippen LogP contribution in [0.1, 0.15) is 84.0 Å². The van der Waals surface area contributed by atoms with E-state index in [1.807, 2.05) is 12.2 Å². The number of hydrogen-bond acceptors (Lipinski definition) is 4. The molecule has 0 saturated carbocycles. The minimum atomic E-state index is -0.287. The number of piperidine rings is 1. The highest BCUT2D eigenvalue weighted by Crippen LogP contribution is 2.46. The standard InChI is InChI=1S/C30H36N4O/c1-4-20-14-23-24(15-26(20)34-17-21(18-34)33-12-6-5-7-13-33)30(2,3)29-27(28(23)35)22-10-8-19(16-31)9-11-25(22)32-29/h8-10,14-16,21,31-32H,4-7,11-13,17-18H2,1-3H3. The zero-order chi connectivity index (χ0) is 24.3. The third-order valence-corrected chi connectivity index (χ3v) is 8.75. The van der Waals surface area contributed by atoms with Crippen molar-refractivity contribution in [2.24, 2.45) is 0 Å². The molecule has 2 fully saturated rings. The van der Waals surface area contributed by atoms with Crippen LogP contribution in [0.2, 0.25) is 0 Å². The predicted molar refractivity (Wildman–Crippen MR) is 143 cm³/mol. The summed E-state index contributed by atoms with van der Waals surface area (Å²) < 4.78 is 0. The van der Waals surface area contributed by atoms with Crippen molar-refractivity contribution in [3.05, 3.63) is 69.1 Å². The van der Waals surface area contributed by atoms with Gasteiger partial charge in [0.25, 0.3) is 0 Å². The number of fused-ring (bicyclic) bond motifs is 4. The Balaban J connectivity index is 1.37. The Morgan fingerprint density at radius 3 is 2.63 bits per heavy atom. The Bertz CT molecular complexity index is 1270. The normalized spacial score (nSPS) is 21.5. The Kier molecular flexibility index (Phi) is 5.37. The van der Waals surface area contributed by atoms with Gasteiger partial charge >= 0.3 is 0 Å². The number of aromatic amines is 1. The van der Waals surface area contributed by atoms with Gasteiger partial charge in [0.05, 0.1) is 5.56 Å². The third kappa shape index (κ3) is 3.47. The van der Waals surface area contributed by atoms with Gasteiger partial charge in [-0.15, -0.1) is 0 Å². The second-order valence-electron chi connectivity index (χ2n) is 11.1. The molecule has 2 aliphatic heterocycles. The number of carbonyl (C=O) groups is 1. The Morgan fingerprint density at radius 2 is 1.91 bits per heavy atom. The van der Waals surface area contributed by atoms with Gasteiger partial charge in [0.2, 0.25) is 0 Å². The lowest BCUT2D eigenvalue weighted by atomic mass is 9.70. The number of aromatic nitrogens is 1. The van der Waals surface area contributed by atoms with E-state index in [1.165, 1.54) is 49.8 Å². The SMILES string of the molecule is CCc1cc2c(cc1N1CC(N3CCCCC3)C1)C(C)(C)c1[nH]c3c(c1C2=O)C=CC(C=N)=CC3. The van der Waals surface area contributed by atoms with Crippen LogP contribution in [0, 0.1) is 5.41 Å². The molecule has 3 heterocycles. The summed E-state index contributed by atoms with van der Waals surface area (Å²) in [6, 6.07) is 5.19. The molecule has 2 aromatic rings. The van der Waals surface area contributed by atoms with Crippen LogP contribution >= 0.6 is 0 Å². The average molecular weight is 469 g/mol. The molecule has 2 N–H and O–H groups in total. The number of anilines is 1. The van der Waals surface area contributed by atoms with Gasteiger partial charge in [-0.3, -0.25) is 9.69 Å². The largest absolute Gasteiger partial charge is 0.368 e. The summed E-state index contributed by atoms with van der Waals surface area (Å²) in [6.07, 6.45) is 13.1. The van der Waals surface area contributed by atoms with Crippen molar-refractivity contribution in [1.29, 1.82) is 5.41 Å². The zero-order valence-corrected chi connectivity index (χ0v) is 21.2. The maximum Gasteiger partial charge on any atom is 0.195 e. The number of rotatable bonds is 4.